The second-order valence-corrected chi connectivity index (χ2v) is 6.03. The molecule has 3 N–H and O–H groups in total. The molecule has 25 heavy (non-hydrogen) atoms. The second kappa shape index (κ2) is 8.08. The van der Waals surface area contributed by atoms with Gasteiger partial charge in [-0.1, -0.05) is 34.8 Å². The van der Waals surface area contributed by atoms with Crippen LogP contribution in [0.2, 0.25) is 15.1 Å². The summed E-state index contributed by atoms with van der Waals surface area (Å²) in [5.41, 5.74) is 6.30. The van der Waals surface area contributed by atoms with Crippen LogP contribution in [0.1, 0.15) is 15.9 Å². The van der Waals surface area contributed by atoms with Gasteiger partial charge in [-0.05, 0) is 30.3 Å². The number of halogens is 3. The number of amides is 1. The van der Waals surface area contributed by atoms with Gasteiger partial charge in [0.15, 0.2) is 6.61 Å². The van der Waals surface area contributed by atoms with E-state index in [0.717, 1.165) is 0 Å². The van der Waals surface area contributed by atoms with Crippen LogP contribution in [0.3, 0.4) is 0 Å². The van der Waals surface area contributed by atoms with Crippen LogP contribution in [0.5, 0.6) is 0 Å². The number of hydrogen-bond donors (Lipinski definition) is 2. The Bertz CT molecular complexity index is 894. The highest BCUT2D eigenvalue weighted by molar-refractivity contribution is 6.37. The Morgan fingerprint density at radius 2 is 1.88 bits per heavy atom. The number of nitriles is 1. The molecule has 0 heterocycles. The summed E-state index contributed by atoms with van der Waals surface area (Å²) in [4.78, 5) is 23.9. The van der Waals surface area contributed by atoms with Crippen LogP contribution in [0.25, 0.3) is 0 Å². The number of carbonyl (C=O) groups is 2. The van der Waals surface area contributed by atoms with Gasteiger partial charge in [-0.3, -0.25) is 4.79 Å². The number of anilines is 2. The lowest BCUT2D eigenvalue weighted by Crippen LogP contribution is -2.21. The quantitative estimate of drug-likeness (QED) is 0.600. The van der Waals surface area contributed by atoms with Crippen LogP contribution < -0.4 is 11.1 Å². The summed E-state index contributed by atoms with van der Waals surface area (Å²) in [5, 5.41) is 11.8. The van der Waals surface area contributed by atoms with Crippen LogP contribution in [-0.2, 0) is 9.53 Å². The third-order valence-electron chi connectivity index (χ3n) is 3.02. The predicted octanol–water partition coefficient (Wildman–Crippen LogP) is 3.90. The van der Waals surface area contributed by atoms with E-state index in [-0.39, 0.29) is 31.9 Å². The van der Waals surface area contributed by atoms with Gasteiger partial charge in [0.2, 0.25) is 0 Å². The number of ether oxygens (including phenoxy) is 1. The van der Waals surface area contributed by atoms with Gasteiger partial charge in [0.25, 0.3) is 5.91 Å². The molecule has 2 aromatic rings. The first kappa shape index (κ1) is 18.9. The average molecular weight is 399 g/mol. The van der Waals surface area contributed by atoms with Gasteiger partial charge in [0.1, 0.15) is 6.07 Å². The Labute approximate surface area is 158 Å². The lowest BCUT2D eigenvalue weighted by atomic mass is 10.2. The van der Waals surface area contributed by atoms with E-state index in [2.05, 4.69) is 5.32 Å². The van der Waals surface area contributed by atoms with E-state index in [1.165, 1.54) is 30.3 Å². The van der Waals surface area contributed by atoms with E-state index in [0.29, 0.717) is 5.69 Å². The number of esters is 1. The largest absolute Gasteiger partial charge is 0.452 e. The third kappa shape index (κ3) is 4.77. The normalized spacial score (nSPS) is 10.0. The molecule has 0 aliphatic heterocycles. The molecule has 2 aromatic carbocycles. The molecule has 2 rings (SSSR count). The standard InChI is InChI=1S/C16H10Cl3N3O3/c17-9-3-11(15(21)13(19)4-9)16(24)25-7-14(23)22-10-2-1-8(6-20)12(18)5-10/h1-5H,7,21H2,(H,22,23). The highest BCUT2D eigenvalue weighted by Crippen LogP contribution is 2.28. The molecular weight excluding hydrogens is 389 g/mol. The predicted molar refractivity (Wildman–Crippen MR) is 96.0 cm³/mol. The van der Waals surface area contributed by atoms with Crippen LogP contribution >= 0.6 is 34.8 Å². The minimum Gasteiger partial charge on any atom is -0.452 e. The molecule has 0 unspecified atom stereocenters. The molecule has 128 valence electrons. The minimum absolute atomic E-state index is 0.00958. The van der Waals surface area contributed by atoms with E-state index in [4.69, 9.17) is 50.5 Å². The zero-order valence-electron chi connectivity index (χ0n) is 12.5. The fourth-order valence-corrected chi connectivity index (χ4v) is 2.56. The molecule has 0 radical (unpaired) electrons. The van der Waals surface area contributed by atoms with E-state index < -0.39 is 18.5 Å². The first-order chi connectivity index (χ1) is 11.8. The highest BCUT2D eigenvalue weighted by Gasteiger charge is 2.16. The summed E-state index contributed by atoms with van der Waals surface area (Å²) in [6, 6.07) is 8.95. The summed E-state index contributed by atoms with van der Waals surface area (Å²) in [7, 11) is 0. The lowest BCUT2D eigenvalue weighted by molar-refractivity contribution is -0.119. The number of rotatable bonds is 4. The molecule has 0 fully saturated rings. The van der Waals surface area contributed by atoms with Gasteiger partial charge in [-0.25, -0.2) is 4.79 Å². The maximum absolute atomic E-state index is 12.0. The summed E-state index contributed by atoms with van der Waals surface area (Å²) in [6.07, 6.45) is 0. The van der Waals surface area contributed by atoms with E-state index in [9.17, 15) is 9.59 Å². The maximum Gasteiger partial charge on any atom is 0.340 e. The first-order valence-corrected chi connectivity index (χ1v) is 7.86. The molecule has 9 heteroatoms. The summed E-state index contributed by atoms with van der Waals surface area (Å²) >= 11 is 17.5. The molecule has 1 amide bonds. The van der Waals surface area contributed by atoms with E-state index in [1.54, 1.807) is 0 Å². The first-order valence-electron chi connectivity index (χ1n) is 6.73. The number of nitrogens with one attached hydrogen (secondary N) is 1. The Morgan fingerprint density at radius 1 is 1.16 bits per heavy atom. The van der Waals surface area contributed by atoms with Crippen molar-refractivity contribution in [2.45, 2.75) is 0 Å². The van der Waals surface area contributed by atoms with Crippen molar-refractivity contribution in [1.29, 1.82) is 5.26 Å². The number of nitrogens with zero attached hydrogens (tertiary/aromatic N) is 1. The molecule has 0 aromatic heterocycles. The highest BCUT2D eigenvalue weighted by atomic mass is 35.5. The Kier molecular flexibility index (Phi) is 6.10. The van der Waals surface area contributed by atoms with Gasteiger partial charge in [0, 0.05) is 10.7 Å². The van der Waals surface area contributed by atoms with Crippen molar-refractivity contribution < 1.29 is 14.3 Å². The summed E-state index contributed by atoms with van der Waals surface area (Å²) < 4.78 is 4.89. The van der Waals surface area contributed by atoms with Crippen molar-refractivity contribution in [1.82, 2.24) is 0 Å². The van der Waals surface area contributed by atoms with Gasteiger partial charge in [-0.15, -0.1) is 0 Å². The number of nitrogen functional groups attached to an aromatic ring is 1. The third-order valence-corrected chi connectivity index (χ3v) is 3.87. The van der Waals surface area contributed by atoms with Crippen LogP contribution in [-0.4, -0.2) is 18.5 Å². The number of hydrogen-bond acceptors (Lipinski definition) is 5. The Hall–Kier alpha value is -2.46. The molecular formula is C16H10Cl3N3O3. The van der Waals surface area contributed by atoms with E-state index >= 15 is 0 Å². The number of carbonyl (C=O) groups excluding carboxylic acids is 2. The van der Waals surface area contributed by atoms with Gasteiger partial charge < -0.3 is 15.8 Å². The molecule has 0 aliphatic rings. The van der Waals surface area contributed by atoms with Crippen molar-refractivity contribution in [2.75, 3.05) is 17.7 Å². The second-order valence-electron chi connectivity index (χ2n) is 4.78. The Balaban J connectivity index is 1.99. The van der Waals surface area contributed by atoms with Crippen molar-refractivity contribution in [3.05, 3.63) is 56.5 Å². The smallest absolute Gasteiger partial charge is 0.340 e. The molecule has 0 aliphatic carbocycles. The van der Waals surface area contributed by atoms with Crippen LogP contribution in [0.15, 0.2) is 30.3 Å². The van der Waals surface area contributed by atoms with E-state index in [1.807, 2.05) is 6.07 Å². The molecule has 0 atom stereocenters. The topological polar surface area (TPSA) is 105 Å². The minimum atomic E-state index is -0.838. The van der Waals surface area contributed by atoms with Gasteiger partial charge >= 0.3 is 5.97 Å². The SMILES string of the molecule is N#Cc1ccc(NC(=O)COC(=O)c2cc(Cl)cc(Cl)c2N)cc1Cl. The fourth-order valence-electron chi connectivity index (χ4n) is 1.84. The zero-order valence-corrected chi connectivity index (χ0v) is 14.7. The van der Waals surface area contributed by atoms with Crippen molar-refractivity contribution in [2.24, 2.45) is 0 Å². The zero-order chi connectivity index (χ0) is 18.6. The van der Waals surface area contributed by atoms with Crippen LogP contribution in [0, 0.1) is 11.3 Å². The fraction of sp³-hybridized carbons (Fsp3) is 0.0625. The van der Waals surface area contributed by atoms with Crippen LogP contribution in [0.4, 0.5) is 11.4 Å². The average Bonchev–Trinajstić information content (AvgIpc) is 2.56. The molecule has 0 saturated carbocycles. The van der Waals surface area contributed by atoms with Crippen molar-refractivity contribution in [3.8, 4) is 6.07 Å². The number of benzene rings is 2. The van der Waals surface area contributed by atoms with Crippen molar-refractivity contribution >= 4 is 58.1 Å². The maximum atomic E-state index is 12.0. The number of nitrogens with two attached hydrogens (primary N) is 1. The lowest BCUT2D eigenvalue weighted by Gasteiger charge is -2.09. The molecule has 0 spiro atoms. The van der Waals surface area contributed by atoms with Crippen molar-refractivity contribution in [3.63, 3.8) is 0 Å². The Morgan fingerprint density at radius 3 is 2.52 bits per heavy atom. The summed E-state index contributed by atoms with van der Waals surface area (Å²) in [6.45, 7) is -0.556. The van der Waals surface area contributed by atoms with Gasteiger partial charge in [-0.2, -0.15) is 5.26 Å². The summed E-state index contributed by atoms with van der Waals surface area (Å²) in [5.74, 6) is -1.43. The molecule has 0 saturated heterocycles. The van der Waals surface area contributed by atoms with Gasteiger partial charge in [0.05, 0.1) is 26.9 Å². The monoisotopic (exact) mass is 397 g/mol. The molecule has 6 nitrogen and oxygen atoms in total. The molecule has 0 bridgehead atoms.